The van der Waals surface area contributed by atoms with E-state index in [2.05, 4.69) is 6.92 Å². The quantitative estimate of drug-likeness (QED) is 0.232. The van der Waals surface area contributed by atoms with Crippen molar-refractivity contribution in [2.45, 2.75) is 96.8 Å². The molecule has 0 bridgehead atoms. The van der Waals surface area contributed by atoms with Crippen LogP contribution in [0.2, 0.25) is 0 Å². The van der Waals surface area contributed by atoms with Crippen LogP contribution in [0.3, 0.4) is 0 Å². The fourth-order valence-electron chi connectivity index (χ4n) is 6.28. The van der Waals surface area contributed by atoms with Crippen molar-refractivity contribution < 1.29 is 22.7 Å². The molecule has 2 fully saturated rings. The Labute approximate surface area is 196 Å². The molecule has 1 aromatic carbocycles. The molecule has 182 valence electrons. The summed E-state index contributed by atoms with van der Waals surface area (Å²) in [4.78, 5) is 12.7. The van der Waals surface area contributed by atoms with Crippen LogP contribution in [0.25, 0.3) is 6.08 Å². The van der Waals surface area contributed by atoms with Crippen molar-refractivity contribution in [3.63, 3.8) is 0 Å². The van der Waals surface area contributed by atoms with Gasteiger partial charge in [0.2, 0.25) is 0 Å². The number of unbranched alkanes of at least 4 members (excludes halogenated alkanes) is 2. The van der Waals surface area contributed by atoms with E-state index in [9.17, 15) is 18.0 Å². The van der Waals surface area contributed by atoms with Crippen LogP contribution in [-0.4, -0.2) is 5.97 Å². The van der Waals surface area contributed by atoms with Gasteiger partial charge >= 0.3 is 5.97 Å². The Balaban J connectivity index is 1.24. The number of esters is 1. The van der Waals surface area contributed by atoms with Gasteiger partial charge in [0.1, 0.15) is 5.76 Å². The molecule has 33 heavy (non-hydrogen) atoms. The molecular formula is C28H37F3O2. The lowest BCUT2D eigenvalue weighted by atomic mass is 9.68. The highest BCUT2D eigenvalue weighted by atomic mass is 19.2. The molecule has 2 saturated carbocycles. The number of ether oxygens (including phenoxy) is 1. The number of allylic oxidation sites excluding steroid dienone is 1. The number of carbonyl (C=O) groups is 1. The highest BCUT2D eigenvalue weighted by Crippen LogP contribution is 2.43. The first-order chi connectivity index (χ1) is 16.0. The zero-order chi connectivity index (χ0) is 23.4. The monoisotopic (exact) mass is 462 g/mol. The maximum absolute atomic E-state index is 14.0. The lowest BCUT2D eigenvalue weighted by Crippen LogP contribution is -2.29. The Bertz CT molecular complexity index is 862. The molecule has 0 amide bonds. The van der Waals surface area contributed by atoms with Gasteiger partial charge in [-0.1, -0.05) is 45.4 Å². The number of benzene rings is 1. The molecule has 0 atom stereocenters. The third-order valence-corrected chi connectivity index (χ3v) is 8.35. The first-order valence-electron chi connectivity index (χ1n) is 13.0. The van der Waals surface area contributed by atoms with Gasteiger partial charge in [0, 0.05) is 6.42 Å². The Kier molecular flexibility index (Phi) is 8.19. The van der Waals surface area contributed by atoms with E-state index < -0.39 is 17.5 Å². The van der Waals surface area contributed by atoms with Crippen molar-refractivity contribution in [2.24, 2.45) is 23.7 Å². The van der Waals surface area contributed by atoms with Gasteiger partial charge in [-0.2, -0.15) is 0 Å². The molecule has 0 unspecified atom stereocenters. The zero-order valence-corrected chi connectivity index (χ0v) is 19.8. The molecule has 0 heterocycles. The largest absolute Gasteiger partial charge is 0.431 e. The van der Waals surface area contributed by atoms with Gasteiger partial charge in [-0.15, -0.1) is 0 Å². The SMILES string of the molecule is CCCCCC1CCC(C2CCC(C(=O)OC3=Cc4cc(F)c(F)c(F)c4CC3)CC2)CC1. The van der Waals surface area contributed by atoms with Crippen molar-refractivity contribution in [1.29, 1.82) is 0 Å². The summed E-state index contributed by atoms with van der Waals surface area (Å²) in [5.41, 5.74) is 0.406. The molecule has 4 rings (SSSR count). The van der Waals surface area contributed by atoms with E-state index in [0.29, 0.717) is 12.2 Å². The molecule has 1 aromatic rings. The molecule has 0 aliphatic heterocycles. The fourth-order valence-corrected chi connectivity index (χ4v) is 6.28. The Morgan fingerprint density at radius 3 is 2.24 bits per heavy atom. The van der Waals surface area contributed by atoms with Crippen molar-refractivity contribution in [3.8, 4) is 0 Å². The smallest absolute Gasteiger partial charge is 0.314 e. The van der Waals surface area contributed by atoms with Gasteiger partial charge in [-0.25, -0.2) is 13.2 Å². The fraction of sp³-hybridized carbons (Fsp3) is 0.679. The number of carbonyl (C=O) groups excluding carboxylic acids is 1. The van der Waals surface area contributed by atoms with E-state index in [1.54, 1.807) is 0 Å². The third kappa shape index (κ3) is 5.84. The van der Waals surface area contributed by atoms with Crippen LogP contribution in [0.1, 0.15) is 102 Å². The lowest BCUT2D eigenvalue weighted by Gasteiger charge is -2.37. The topological polar surface area (TPSA) is 26.3 Å². The molecule has 3 aliphatic rings. The molecule has 0 saturated heterocycles. The average molecular weight is 463 g/mol. The summed E-state index contributed by atoms with van der Waals surface area (Å²) in [5, 5.41) is 0. The Morgan fingerprint density at radius 2 is 1.58 bits per heavy atom. The van der Waals surface area contributed by atoms with Crippen LogP contribution in [0.5, 0.6) is 0 Å². The van der Waals surface area contributed by atoms with Crippen molar-refractivity contribution in [2.75, 3.05) is 0 Å². The van der Waals surface area contributed by atoms with Gasteiger partial charge < -0.3 is 4.74 Å². The maximum atomic E-state index is 14.0. The number of halogens is 3. The first kappa shape index (κ1) is 24.3. The molecule has 0 radical (unpaired) electrons. The number of hydrogen-bond acceptors (Lipinski definition) is 2. The van der Waals surface area contributed by atoms with Crippen molar-refractivity contribution in [3.05, 3.63) is 40.4 Å². The molecule has 0 spiro atoms. The number of fused-ring (bicyclic) bond motifs is 1. The van der Waals surface area contributed by atoms with Crippen LogP contribution < -0.4 is 0 Å². The second-order valence-electron chi connectivity index (χ2n) is 10.5. The van der Waals surface area contributed by atoms with Gasteiger partial charge in [-0.05, 0) is 86.0 Å². The summed E-state index contributed by atoms with van der Waals surface area (Å²) >= 11 is 0. The predicted octanol–water partition coefficient (Wildman–Crippen LogP) is 8.13. The minimum Gasteiger partial charge on any atom is -0.431 e. The Hall–Kier alpha value is -1.78. The van der Waals surface area contributed by atoms with Gasteiger partial charge in [0.15, 0.2) is 17.5 Å². The Morgan fingerprint density at radius 1 is 0.909 bits per heavy atom. The summed E-state index contributed by atoms with van der Waals surface area (Å²) in [5.74, 6) is -1.25. The second-order valence-corrected chi connectivity index (χ2v) is 10.5. The number of hydrogen-bond donors (Lipinski definition) is 0. The predicted molar refractivity (Wildman–Crippen MR) is 124 cm³/mol. The van der Waals surface area contributed by atoms with Gasteiger partial charge in [0.05, 0.1) is 5.92 Å². The van der Waals surface area contributed by atoms with Crippen LogP contribution >= 0.6 is 0 Å². The van der Waals surface area contributed by atoms with Crippen LogP contribution in [0, 0.1) is 41.1 Å². The summed E-state index contributed by atoms with van der Waals surface area (Å²) in [7, 11) is 0. The molecular weight excluding hydrogens is 425 g/mol. The van der Waals surface area contributed by atoms with E-state index >= 15 is 0 Å². The molecule has 5 heteroatoms. The normalized spacial score (nSPS) is 27.6. The lowest BCUT2D eigenvalue weighted by molar-refractivity contribution is -0.146. The van der Waals surface area contributed by atoms with Gasteiger partial charge in [0.25, 0.3) is 0 Å². The van der Waals surface area contributed by atoms with E-state index in [-0.39, 0.29) is 29.4 Å². The first-order valence-corrected chi connectivity index (χ1v) is 13.0. The van der Waals surface area contributed by atoms with Crippen LogP contribution in [-0.2, 0) is 16.0 Å². The van der Waals surface area contributed by atoms with E-state index in [1.807, 2.05) is 0 Å². The summed E-state index contributed by atoms with van der Waals surface area (Å²) in [6.07, 6.45) is 16.7. The number of rotatable bonds is 7. The summed E-state index contributed by atoms with van der Waals surface area (Å²) < 4.78 is 46.6. The van der Waals surface area contributed by atoms with E-state index in [1.165, 1.54) is 57.4 Å². The molecule has 2 nitrogen and oxygen atoms in total. The van der Waals surface area contributed by atoms with Gasteiger partial charge in [-0.3, -0.25) is 4.79 Å². The minimum atomic E-state index is -1.44. The maximum Gasteiger partial charge on any atom is 0.314 e. The second kappa shape index (κ2) is 11.1. The third-order valence-electron chi connectivity index (χ3n) is 8.35. The van der Waals surface area contributed by atoms with Crippen molar-refractivity contribution in [1.82, 2.24) is 0 Å². The summed E-state index contributed by atoms with van der Waals surface area (Å²) in [6, 6.07) is 0.977. The average Bonchev–Trinajstić information content (AvgIpc) is 2.83. The minimum absolute atomic E-state index is 0.101. The van der Waals surface area contributed by atoms with Crippen LogP contribution in [0.15, 0.2) is 11.8 Å². The standard InChI is InChI=1S/C28H37F3O2/c1-2-3-4-5-18-6-8-19(9-7-18)20-10-12-21(13-11-20)28(32)33-23-14-15-24-22(16-23)17-25(29)27(31)26(24)30/h16-21H,2-15H2,1H3. The van der Waals surface area contributed by atoms with E-state index in [0.717, 1.165) is 49.5 Å². The zero-order valence-electron chi connectivity index (χ0n) is 19.8. The van der Waals surface area contributed by atoms with Crippen LogP contribution in [0.4, 0.5) is 13.2 Å². The molecule has 0 N–H and O–H groups in total. The van der Waals surface area contributed by atoms with E-state index in [4.69, 9.17) is 4.74 Å². The molecule has 3 aliphatic carbocycles. The highest BCUT2D eigenvalue weighted by Gasteiger charge is 2.34. The van der Waals surface area contributed by atoms with Crippen molar-refractivity contribution >= 4 is 12.0 Å². The molecule has 0 aromatic heterocycles. The summed E-state index contributed by atoms with van der Waals surface area (Å²) in [6.45, 7) is 2.26. The highest BCUT2D eigenvalue weighted by molar-refractivity contribution is 5.75.